The Morgan fingerprint density at radius 2 is 2.15 bits per heavy atom. The first kappa shape index (κ1) is 15.1. The molecule has 4 heteroatoms. The quantitative estimate of drug-likeness (QED) is 0.855. The van der Waals surface area contributed by atoms with Crippen LogP contribution in [0, 0.1) is 6.92 Å². The van der Waals surface area contributed by atoms with Gasteiger partial charge in [-0.05, 0) is 25.5 Å². The largest absolute Gasteiger partial charge is 0.337 e. The van der Waals surface area contributed by atoms with Crippen molar-refractivity contribution in [2.24, 2.45) is 0 Å². The molecule has 1 aliphatic rings. The fraction of sp³-hybridized carbons (Fsp3) is 0.438. The highest BCUT2D eigenvalue weighted by molar-refractivity contribution is 6.25. The summed E-state index contributed by atoms with van der Waals surface area (Å²) < 4.78 is 0. The first-order valence-corrected chi connectivity index (χ1v) is 7.48. The zero-order chi connectivity index (χ0) is 14.4. The monoisotopic (exact) mass is 292 g/mol. The van der Waals surface area contributed by atoms with Crippen LogP contribution in [0.3, 0.4) is 0 Å². The van der Waals surface area contributed by atoms with Crippen LogP contribution in [0.2, 0.25) is 0 Å². The van der Waals surface area contributed by atoms with Gasteiger partial charge in [0.1, 0.15) is 0 Å². The molecule has 0 unspecified atom stereocenters. The topological polar surface area (TPSA) is 23.6 Å². The molecule has 2 rings (SSSR count). The van der Waals surface area contributed by atoms with E-state index in [2.05, 4.69) is 4.90 Å². The van der Waals surface area contributed by atoms with Crippen molar-refractivity contribution in [3.8, 4) is 0 Å². The summed E-state index contributed by atoms with van der Waals surface area (Å²) in [6.07, 6.45) is 2.95. The zero-order valence-electron chi connectivity index (χ0n) is 11.9. The van der Waals surface area contributed by atoms with E-state index in [1.807, 2.05) is 42.2 Å². The minimum Gasteiger partial charge on any atom is -0.337 e. The van der Waals surface area contributed by atoms with Crippen molar-refractivity contribution in [2.75, 3.05) is 32.7 Å². The van der Waals surface area contributed by atoms with Crippen LogP contribution in [0.25, 0.3) is 0 Å². The molecule has 0 aromatic heterocycles. The van der Waals surface area contributed by atoms with E-state index in [-0.39, 0.29) is 5.91 Å². The number of hydrogen-bond donors (Lipinski definition) is 0. The first-order chi connectivity index (χ1) is 9.70. The molecule has 108 valence electrons. The Balaban J connectivity index is 1.98. The second-order valence-electron chi connectivity index (χ2n) is 5.18. The van der Waals surface area contributed by atoms with Gasteiger partial charge in [0.2, 0.25) is 0 Å². The van der Waals surface area contributed by atoms with E-state index < -0.39 is 0 Å². The Labute approximate surface area is 125 Å². The van der Waals surface area contributed by atoms with Crippen molar-refractivity contribution in [2.45, 2.75) is 13.3 Å². The van der Waals surface area contributed by atoms with Crippen LogP contribution in [-0.2, 0) is 0 Å². The van der Waals surface area contributed by atoms with Crippen LogP contribution >= 0.6 is 11.6 Å². The minimum absolute atomic E-state index is 0.142. The summed E-state index contributed by atoms with van der Waals surface area (Å²) >= 11 is 5.56. The Hall–Kier alpha value is -1.32. The van der Waals surface area contributed by atoms with Gasteiger partial charge in [0.25, 0.3) is 5.91 Å². The summed E-state index contributed by atoms with van der Waals surface area (Å²) in [5, 5.41) is 0. The number of benzene rings is 1. The maximum Gasteiger partial charge on any atom is 0.253 e. The van der Waals surface area contributed by atoms with Crippen LogP contribution in [0.4, 0.5) is 0 Å². The molecule has 0 spiro atoms. The summed E-state index contributed by atoms with van der Waals surface area (Å²) in [6.45, 7) is 6.39. The van der Waals surface area contributed by atoms with Crippen LogP contribution < -0.4 is 0 Å². The number of hydrogen-bond acceptors (Lipinski definition) is 2. The Bertz CT molecular complexity index is 487. The van der Waals surface area contributed by atoms with E-state index in [9.17, 15) is 4.79 Å². The molecule has 0 radical (unpaired) electrons. The van der Waals surface area contributed by atoms with Crippen molar-refractivity contribution in [1.29, 1.82) is 0 Å². The molecule has 1 aromatic carbocycles. The second kappa shape index (κ2) is 7.46. The number of aryl methyl sites for hydroxylation is 1. The molecule has 0 bridgehead atoms. The lowest BCUT2D eigenvalue weighted by Gasteiger charge is -2.21. The summed E-state index contributed by atoms with van der Waals surface area (Å²) in [5.41, 5.74) is 3.47. The number of amides is 1. The van der Waals surface area contributed by atoms with Crippen LogP contribution in [0.5, 0.6) is 0 Å². The summed E-state index contributed by atoms with van der Waals surface area (Å²) in [5.74, 6) is 0.142. The molecule has 1 amide bonds. The summed E-state index contributed by atoms with van der Waals surface area (Å²) in [6, 6.07) is 7.81. The smallest absolute Gasteiger partial charge is 0.253 e. The van der Waals surface area contributed by atoms with Crippen molar-refractivity contribution >= 4 is 17.5 Å². The third-order valence-corrected chi connectivity index (χ3v) is 3.77. The molecule has 1 aliphatic heterocycles. The van der Waals surface area contributed by atoms with Gasteiger partial charge in [0.05, 0.1) is 0 Å². The highest BCUT2D eigenvalue weighted by Crippen LogP contribution is 2.11. The fourth-order valence-corrected chi connectivity index (χ4v) is 2.59. The molecule has 0 atom stereocenters. The van der Waals surface area contributed by atoms with Gasteiger partial charge in [-0.3, -0.25) is 9.69 Å². The van der Waals surface area contributed by atoms with Crippen molar-refractivity contribution < 1.29 is 4.79 Å². The van der Waals surface area contributed by atoms with Gasteiger partial charge in [-0.25, -0.2) is 0 Å². The first-order valence-electron chi connectivity index (χ1n) is 7.04. The molecular formula is C16H21ClN2O. The van der Waals surface area contributed by atoms with E-state index in [0.29, 0.717) is 0 Å². The van der Waals surface area contributed by atoms with Crippen molar-refractivity contribution in [3.05, 3.63) is 47.0 Å². The van der Waals surface area contributed by atoms with E-state index >= 15 is 0 Å². The molecule has 0 aliphatic carbocycles. The van der Waals surface area contributed by atoms with Gasteiger partial charge >= 0.3 is 0 Å². The fourth-order valence-electron chi connectivity index (χ4n) is 2.51. The SMILES string of the molecule is Cc1cccc(C(=O)N2CCCN(C/C=C/Cl)CC2)c1. The number of nitrogens with zero attached hydrogens (tertiary/aromatic N) is 2. The normalized spacial score (nSPS) is 17.4. The highest BCUT2D eigenvalue weighted by Gasteiger charge is 2.19. The van der Waals surface area contributed by atoms with Crippen LogP contribution in [0.1, 0.15) is 22.3 Å². The average molecular weight is 293 g/mol. The molecule has 20 heavy (non-hydrogen) atoms. The number of carbonyl (C=O) groups excluding carboxylic acids is 1. The van der Waals surface area contributed by atoms with E-state index in [1.165, 1.54) is 0 Å². The maximum absolute atomic E-state index is 12.5. The lowest BCUT2D eigenvalue weighted by molar-refractivity contribution is 0.0762. The number of halogens is 1. The maximum atomic E-state index is 12.5. The van der Waals surface area contributed by atoms with Crippen molar-refractivity contribution in [1.82, 2.24) is 9.80 Å². The summed E-state index contributed by atoms with van der Waals surface area (Å²) in [4.78, 5) is 16.8. The van der Waals surface area contributed by atoms with Crippen LogP contribution in [0.15, 0.2) is 35.9 Å². The Morgan fingerprint density at radius 3 is 2.90 bits per heavy atom. The van der Waals surface area contributed by atoms with Gasteiger partial charge in [-0.1, -0.05) is 35.4 Å². The van der Waals surface area contributed by atoms with E-state index in [0.717, 1.165) is 50.3 Å². The molecule has 0 N–H and O–H groups in total. The van der Waals surface area contributed by atoms with Crippen LogP contribution in [-0.4, -0.2) is 48.4 Å². The third kappa shape index (κ3) is 4.09. The molecule has 1 aromatic rings. The standard InChI is InChI=1S/C16H21ClN2O/c1-14-5-2-6-15(13-14)16(20)19-10-4-9-18(11-12-19)8-3-7-17/h2-3,5-7,13H,4,8-12H2,1H3/b7-3+. The Kier molecular flexibility index (Phi) is 5.62. The van der Waals surface area contributed by atoms with Gasteiger partial charge in [0.15, 0.2) is 0 Å². The lowest BCUT2D eigenvalue weighted by atomic mass is 10.1. The third-order valence-electron chi connectivity index (χ3n) is 3.59. The predicted octanol–water partition coefficient (Wildman–Crippen LogP) is 2.90. The van der Waals surface area contributed by atoms with Gasteiger partial charge in [-0.15, -0.1) is 0 Å². The van der Waals surface area contributed by atoms with E-state index in [1.54, 1.807) is 5.54 Å². The lowest BCUT2D eigenvalue weighted by Crippen LogP contribution is -2.35. The van der Waals surface area contributed by atoms with Gasteiger partial charge in [-0.2, -0.15) is 0 Å². The molecule has 1 heterocycles. The Morgan fingerprint density at radius 1 is 1.30 bits per heavy atom. The van der Waals surface area contributed by atoms with E-state index in [4.69, 9.17) is 11.6 Å². The predicted molar refractivity (Wildman–Crippen MR) is 83.1 cm³/mol. The van der Waals surface area contributed by atoms with Crippen molar-refractivity contribution in [3.63, 3.8) is 0 Å². The molecular weight excluding hydrogens is 272 g/mol. The zero-order valence-corrected chi connectivity index (χ0v) is 12.6. The average Bonchev–Trinajstić information content (AvgIpc) is 2.70. The number of rotatable bonds is 3. The highest BCUT2D eigenvalue weighted by atomic mass is 35.5. The molecule has 3 nitrogen and oxygen atoms in total. The minimum atomic E-state index is 0.142. The van der Waals surface area contributed by atoms with Gasteiger partial charge in [0, 0.05) is 43.8 Å². The van der Waals surface area contributed by atoms with Gasteiger partial charge < -0.3 is 4.90 Å². The number of carbonyl (C=O) groups is 1. The summed E-state index contributed by atoms with van der Waals surface area (Å²) in [7, 11) is 0. The molecule has 0 saturated carbocycles. The second-order valence-corrected chi connectivity index (χ2v) is 5.43. The molecule has 1 fully saturated rings. The molecule has 1 saturated heterocycles.